The third kappa shape index (κ3) is 1.95. The topological polar surface area (TPSA) is 29.5 Å². The summed E-state index contributed by atoms with van der Waals surface area (Å²) in [7, 11) is 0. The molecule has 86 valence electrons. The molecule has 1 aliphatic carbocycles. The molecule has 1 heterocycles. The molecule has 0 bridgehead atoms. The predicted octanol–water partition coefficient (Wildman–Crippen LogP) is 1.33. The molecule has 0 N–H and O–H groups in total. The monoisotopic (exact) mass is 223 g/mol. The molecule has 0 radical (unpaired) electrons. The van der Waals surface area contributed by atoms with Gasteiger partial charge in [0, 0.05) is 6.54 Å². The van der Waals surface area contributed by atoms with Crippen molar-refractivity contribution in [3.05, 3.63) is 0 Å². The maximum atomic E-state index is 12.3. The fourth-order valence-electron chi connectivity index (χ4n) is 2.34. The number of halogens is 3. The van der Waals surface area contributed by atoms with Gasteiger partial charge in [-0.05, 0) is 19.3 Å². The second kappa shape index (κ2) is 3.66. The molecule has 15 heavy (non-hydrogen) atoms. The van der Waals surface area contributed by atoms with Crippen molar-refractivity contribution < 1.29 is 22.7 Å². The number of hydrogen-bond donors (Lipinski definition) is 0. The van der Waals surface area contributed by atoms with Crippen molar-refractivity contribution in [1.29, 1.82) is 0 Å². The molecular formula is C9H12F3NO2. The van der Waals surface area contributed by atoms with Gasteiger partial charge >= 0.3 is 12.1 Å². The van der Waals surface area contributed by atoms with Gasteiger partial charge in [-0.25, -0.2) is 0 Å². The molecule has 2 rings (SSSR count). The van der Waals surface area contributed by atoms with Gasteiger partial charge in [-0.15, -0.1) is 0 Å². The minimum absolute atomic E-state index is 0.0551. The van der Waals surface area contributed by atoms with Crippen LogP contribution in [-0.2, 0) is 9.53 Å². The fraction of sp³-hybridized carbons (Fsp3) is 0.889. The normalized spacial score (nSPS) is 31.5. The van der Waals surface area contributed by atoms with Crippen LogP contribution in [-0.4, -0.2) is 42.3 Å². The molecule has 1 saturated carbocycles. The summed E-state index contributed by atoms with van der Waals surface area (Å²) in [5.74, 6) is -1.72. The molecule has 0 spiro atoms. The quantitative estimate of drug-likeness (QED) is 0.620. The molecule has 0 aromatic rings. The number of alkyl halides is 3. The zero-order chi connectivity index (χ0) is 11.1. The molecule has 1 amide bonds. The Morgan fingerprint density at radius 1 is 1.33 bits per heavy atom. The van der Waals surface area contributed by atoms with Crippen LogP contribution < -0.4 is 0 Å². The Hall–Kier alpha value is -0.780. The van der Waals surface area contributed by atoms with E-state index in [1.54, 1.807) is 0 Å². The van der Waals surface area contributed by atoms with E-state index in [1.807, 2.05) is 0 Å². The second-order valence-electron chi connectivity index (χ2n) is 3.90. The largest absolute Gasteiger partial charge is 0.471 e. The smallest absolute Gasteiger partial charge is 0.374 e. The van der Waals surface area contributed by atoms with E-state index in [2.05, 4.69) is 0 Å². The Morgan fingerprint density at radius 3 is 2.73 bits per heavy atom. The van der Waals surface area contributed by atoms with Gasteiger partial charge in [0.25, 0.3) is 0 Å². The fourth-order valence-corrected chi connectivity index (χ4v) is 2.34. The van der Waals surface area contributed by atoms with Crippen molar-refractivity contribution >= 4 is 5.91 Å². The van der Waals surface area contributed by atoms with Gasteiger partial charge in [-0.2, -0.15) is 13.2 Å². The third-order valence-electron chi connectivity index (χ3n) is 2.99. The van der Waals surface area contributed by atoms with Crippen LogP contribution >= 0.6 is 0 Å². The summed E-state index contributed by atoms with van der Waals surface area (Å²) in [6.45, 7) is 0.266. The lowest BCUT2D eigenvalue weighted by molar-refractivity contribution is -0.195. The van der Waals surface area contributed by atoms with Gasteiger partial charge in [0.2, 0.25) is 0 Å². The molecule has 2 fully saturated rings. The molecule has 2 unspecified atom stereocenters. The number of rotatable bonds is 0. The van der Waals surface area contributed by atoms with Gasteiger partial charge in [-0.1, -0.05) is 0 Å². The van der Waals surface area contributed by atoms with Crippen molar-refractivity contribution in [1.82, 2.24) is 4.90 Å². The number of amides is 1. The molecule has 3 nitrogen and oxygen atoms in total. The van der Waals surface area contributed by atoms with Crippen molar-refractivity contribution in [2.45, 2.75) is 37.6 Å². The van der Waals surface area contributed by atoms with Crippen LogP contribution in [0.25, 0.3) is 0 Å². The zero-order valence-electron chi connectivity index (χ0n) is 8.09. The number of carbonyl (C=O) groups is 1. The molecular weight excluding hydrogens is 211 g/mol. The molecule has 0 aromatic carbocycles. The van der Waals surface area contributed by atoms with Crippen LogP contribution in [0.5, 0.6) is 0 Å². The first-order chi connectivity index (χ1) is 7.00. The van der Waals surface area contributed by atoms with E-state index < -0.39 is 12.1 Å². The summed E-state index contributed by atoms with van der Waals surface area (Å²) in [6, 6.07) is -0.368. The van der Waals surface area contributed by atoms with E-state index in [0.29, 0.717) is 6.42 Å². The summed E-state index contributed by atoms with van der Waals surface area (Å²) < 4.78 is 42.1. The predicted molar refractivity (Wildman–Crippen MR) is 45.1 cm³/mol. The lowest BCUT2D eigenvalue weighted by Crippen LogP contribution is -2.55. The highest BCUT2D eigenvalue weighted by atomic mass is 19.4. The second-order valence-corrected chi connectivity index (χ2v) is 3.90. The Balaban J connectivity index is 2.11. The van der Waals surface area contributed by atoms with Crippen LogP contribution in [0.15, 0.2) is 0 Å². The van der Waals surface area contributed by atoms with Gasteiger partial charge in [0.05, 0.1) is 18.8 Å². The Kier molecular flexibility index (Phi) is 2.62. The summed E-state index contributed by atoms with van der Waals surface area (Å²) in [6.07, 6.45) is -2.75. The summed E-state index contributed by atoms with van der Waals surface area (Å²) in [4.78, 5) is 12.0. The van der Waals surface area contributed by atoms with E-state index in [9.17, 15) is 18.0 Å². The number of morpholine rings is 1. The van der Waals surface area contributed by atoms with E-state index >= 15 is 0 Å². The third-order valence-corrected chi connectivity index (χ3v) is 2.99. The maximum Gasteiger partial charge on any atom is 0.471 e. The summed E-state index contributed by atoms with van der Waals surface area (Å²) in [5.41, 5.74) is 0. The minimum Gasteiger partial charge on any atom is -0.374 e. The molecule has 2 aliphatic rings. The Labute approximate surface area is 85.2 Å². The van der Waals surface area contributed by atoms with E-state index in [4.69, 9.17) is 4.74 Å². The summed E-state index contributed by atoms with van der Waals surface area (Å²) >= 11 is 0. The highest BCUT2D eigenvalue weighted by Crippen LogP contribution is 2.32. The molecule has 1 saturated heterocycles. The van der Waals surface area contributed by atoms with Crippen LogP contribution in [0.4, 0.5) is 13.2 Å². The molecule has 6 heteroatoms. The molecule has 1 aliphatic heterocycles. The van der Waals surface area contributed by atoms with Crippen LogP contribution in [0.1, 0.15) is 19.3 Å². The van der Waals surface area contributed by atoms with E-state index in [-0.39, 0.29) is 25.3 Å². The first kappa shape index (κ1) is 10.7. The maximum absolute atomic E-state index is 12.3. The van der Waals surface area contributed by atoms with Gasteiger partial charge < -0.3 is 9.64 Å². The first-order valence-corrected chi connectivity index (χ1v) is 4.99. The highest BCUT2D eigenvalue weighted by molar-refractivity contribution is 5.82. The SMILES string of the molecule is O=C(N1CCOC2CCCC21)C(F)(F)F. The molecule has 0 aromatic heterocycles. The number of hydrogen-bond acceptors (Lipinski definition) is 2. The Bertz CT molecular complexity index is 267. The van der Waals surface area contributed by atoms with Crippen molar-refractivity contribution in [2.75, 3.05) is 13.2 Å². The lowest BCUT2D eigenvalue weighted by Gasteiger charge is -2.37. The van der Waals surface area contributed by atoms with Crippen LogP contribution in [0.2, 0.25) is 0 Å². The average Bonchev–Trinajstić information content (AvgIpc) is 2.62. The first-order valence-electron chi connectivity index (χ1n) is 4.99. The zero-order valence-corrected chi connectivity index (χ0v) is 8.09. The van der Waals surface area contributed by atoms with E-state index in [1.165, 1.54) is 0 Å². The van der Waals surface area contributed by atoms with Gasteiger partial charge in [-0.3, -0.25) is 4.79 Å². The lowest BCUT2D eigenvalue weighted by atomic mass is 10.1. The molecule has 2 atom stereocenters. The van der Waals surface area contributed by atoms with Crippen molar-refractivity contribution in [2.24, 2.45) is 0 Å². The Morgan fingerprint density at radius 2 is 2.07 bits per heavy atom. The number of carbonyl (C=O) groups excluding carboxylic acids is 1. The number of nitrogens with zero attached hydrogens (tertiary/aromatic N) is 1. The number of fused-ring (bicyclic) bond motifs is 1. The average molecular weight is 223 g/mol. The highest BCUT2D eigenvalue weighted by Gasteiger charge is 2.48. The van der Waals surface area contributed by atoms with Gasteiger partial charge in [0.15, 0.2) is 0 Å². The van der Waals surface area contributed by atoms with Crippen LogP contribution in [0.3, 0.4) is 0 Å². The van der Waals surface area contributed by atoms with E-state index in [0.717, 1.165) is 17.7 Å². The van der Waals surface area contributed by atoms with Crippen molar-refractivity contribution in [3.8, 4) is 0 Å². The van der Waals surface area contributed by atoms with Crippen molar-refractivity contribution in [3.63, 3.8) is 0 Å². The van der Waals surface area contributed by atoms with Crippen LogP contribution in [0, 0.1) is 0 Å². The number of ether oxygens (including phenoxy) is 1. The van der Waals surface area contributed by atoms with Gasteiger partial charge in [0.1, 0.15) is 0 Å². The standard InChI is InChI=1S/C9H12F3NO2/c10-9(11,12)8(14)13-4-5-15-7-3-1-2-6(7)13/h6-7H,1-5H2. The summed E-state index contributed by atoms with van der Waals surface area (Å²) in [5, 5.41) is 0. The minimum atomic E-state index is -4.76.